The van der Waals surface area contributed by atoms with Crippen molar-refractivity contribution in [1.29, 1.82) is 0 Å². The summed E-state index contributed by atoms with van der Waals surface area (Å²) in [6.07, 6.45) is 0. The minimum atomic E-state index is -0.364. The van der Waals surface area contributed by atoms with E-state index in [-0.39, 0.29) is 23.9 Å². The fourth-order valence-electron chi connectivity index (χ4n) is 1.92. The summed E-state index contributed by atoms with van der Waals surface area (Å²) < 4.78 is 19.6. The predicted octanol–water partition coefficient (Wildman–Crippen LogP) is 3.61. The van der Waals surface area contributed by atoms with Gasteiger partial charge in [-0.1, -0.05) is 38.1 Å². The lowest BCUT2D eigenvalue weighted by molar-refractivity contribution is 0.285. The van der Waals surface area contributed by atoms with Crippen molar-refractivity contribution < 1.29 is 14.2 Å². The molecule has 0 bridgehead atoms. The summed E-state index contributed by atoms with van der Waals surface area (Å²) in [5, 5.41) is 12.5. The zero-order chi connectivity index (χ0) is 15.2. The molecule has 0 saturated carbocycles. The average molecular weight is 289 g/mol. The van der Waals surface area contributed by atoms with Crippen molar-refractivity contribution in [2.24, 2.45) is 0 Å². The van der Waals surface area contributed by atoms with Gasteiger partial charge in [-0.05, 0) is 23.8 Å². The molecule has 0 unspecified atom stereocenters. The van der Waals surface area contributed by atoms with Gasteiger partial charge in [-0.15, -0.1) is 0 Å². The highest BCUT2D eigenvalue weighted by Crippen LogP contribution is 2.24. The molecule has 0 amide bonds. The van der Waals surface area contributed by atoms with E-state index in [2.05, 4.69) is 5.32 Å². The smallest absolute Gasteiger partial charge is 0.165 e. The molecule has 0 radical (unpaired) electrons. The van der Waals surface area contributed by atoms with Crippen LogP contribution in [-0.4, -0.2) is 11.1 Å². The van der Waals surface area contributed by atoms with Crippen molar-refractivity contribution in [3.63, 3.8) is 0 Å². The second-order valence-corrected chi connectivity index (χ2v) is 5.22. The fraction of sp³-hybridized carbons (Fsp3) is 0.294. The van der Waals surface area contributed by atoms with E-state index in [1.807, 2.05) is 19.9 Å². The molecule has 0 aliphatic carbocycles. The molecule has 2 N–H and O–H groups in total. The maximum Gasteiger partial charge on any atom is 0.165 e. The molecular weight excluding hydrogens is 269 g/mol. The van der Waals surface area contributed by atoms with Crippen LogP contribution in [0.1, 0.15) is 25.0 Å². The van der Waals surface area contributed by atoms with Crippen LogP contribution in [0.5, 0.6) is 11.5 Å². The predicted molar refractivity (Wildman–Crippen MR) is 80.8 cm³/mol. The van der Waals surface area contributed by atoms with Gasteiger partial charge in [0.05, 0.1) is 0 Å². The molecule has 0 aliphatic heterocycles. The average Bonchev–Trinajstić information content (AvgIpc) is 2.46. The van der Waals surface area contributed by atoms with Gasteiger partial charge >= 0.3 is 0 Å². The summed E-state index contributed by atoms with van der Waals surface area (Å²) in [5.74, 6) is 0.113. The summed E-state index contributed by atoms with van der Waals surface area (Å²) in [6, 6.07) is 11.9. The largest absolute Gasteiger partial charge is 0.508 e. The van der Waals surface area contributed by atoms with Crippen LogP contribution in [0.25, 0.3) is 0 Å². The highest BCUT2D eigenvalue weighted by molar-refractivity contribution is 5.35. The standard InChI is InChI=1S/C17H20FNO2/c1-12(2)19-10-14-4-3-5-16(18)17(14)21-11-13-6-8-15(20)9-7-13/h3-9,12,19-20H,10-11H2,1-2H3. The molecule has 3 nitrogen and oxygen atoms in total. The highest BCUT2D eigenvalue weighted by Gasteiger charge is 2.10. The minimum Gasteiger partial charge on any atom is -0.508 e. The molecular formula is C17H20FNO2. The Bertz CT molecular complexity index is 582. The van der Waals surface area contributed by atoms with Gasteiger partial charge in [0.25, 0.3) is 0 Å². The van der Waals surface area contributed by atoms with E-state index in [1.54, 1.807) is 30.3 Å². The first-order valence-electron chi connectivity index (χ1n) is 6.97. The third kappa shape index (κ3) is 4.46. The van der Waals surface area contributed by atoms with Crippen LogP contribution in [0.3, 0.4) is 0 Å². The first-order chi connectivity index (χ1) is 10.1. The van der Waals surface area contributed by atoms with Crippen molar-refractivity contribution in [3.05, 3.63) is 59.4 Å². The molecule has 2 aromatic carbocycles. The van der Waals surface area contributed by atoms with Crippen LogP contribution in [-0.2, 0) is 13.2 Å². The lowest BCUT2D eigenvalue weighted by Gasteiger charge is -2.14. The first kappa shape index (κ1) is 15.3. The number of phenolic OH excluding ortho intramolecular Hbond substituents is 1. The zero-order valence-corrected chi connectivity index (χ0v) is 12.3. The fourth-order valence-corrected chi connectivity index (χ4v) is 1.92. The van der Waals surface area contributed by atoms with Crippen LogP contribution in [0.15, 0.2) is 42.5 Å². The van der Waals surface area contributed by atoms with Crippen LogP contribution < -0.4 is 10.1 Å². The highest BCUT2D eigenvalue weighted by atomic mass is 19.1. The molecule has 2 rings (SSSR count). The number of para-hydroxylation sites is 1. The Morgan fingerprint density at radius 2 is 1.86 bits per heavy atom. The number of benzene rings is 2. The molecule has 0 aromatic heterocycles. The summed E-state index contributed by atoms with van der Waals surface area (Å²) in [7, 11) is 0. The molecule has 0 aliphatic rings. The number of hydrogen-bond acceptors (Lipinski definition) is 3. The van der Waals surface area contributed by atoms with Gasteiger partial charge in [0.2, 0.25) is 0 Å². The van der Waals surface area contributed by atoms with Crippen molar-refractivity contribution in [2.45, 2.75) is 33.0 Å². The van der Waals surface area contributed by atoms with E-state index >= 15 is 0 Å². The normalized spacial score (nSPS) is 10.9. The maximum atomic E-state index is 13.9. The number of aromatic hydroxyl groups is 1. The minimum absolute atomic E-state index is 0.200. The Morgan fingerprint density at radius 3 is 2.52 bits per heavy atom. The van der Waals surface area contributed by atoms with E-state index in [9.17, 15) is 9.50 Å². The van der Waals surface area contributed by atoms with Crippen molar-refractivity contribution >= 4 is 0 Å². The van der Waals surface area contributed by atoms with E-state index in [1.165, 1.54) is 6.07 Å². The van der Waals surface area contributed by atoms with Crippen LogP contribution in [0.4, 0.5) is 4.39 Å². The number of hydrogen-bond donors (Lipinski definition) is 2. The summed E-state index contributed by atoms with van der Waals surface area (Å²) in [4.78, 5) is 0. The van der Waals surface area contributed by atoms with Gasteiger partial charge in [0.15, 0.2) is 11.6 Å². The monoisotopic (exact) mass is 289 g/mol. The maximum absolute atomic E-state index is 13.9. The molecule has 0 heterocycles. The Labute approximate surface area is 124 Å². The van der Waals surface area contributed by atoms with E-state index in [4.69, 9.17) is 4.74 Å². The topological polar surface area (TPSA) is 41.5 Å². The van der Waals surface area contributed by atoms with Crippen molar-refractivity contribution in [2.75, 3.05) is 0 Å². The molecule has 0 spiro atoms. The Kier molecular flexibility index (Phi) is 5.17. The Hall–Kier alpha value is -2.07. The van der Waals surface area contributed by atoms with Crippen molar-refractivity contribution in [3.8, 4) is 11.5 Å². The van der Waals surface area contributed by atoms with Crippen molar-refractivity contribution in [1.82, 2.24) is 5.32 Å². The quantitative estimate of drug-likeness (QED) is 0.853. The van der Waals surface area contributed by atoms with E-state index < -0.39 is 0 Å². The van der Waals surface area contributed by atoms with E-state index in [0.29, 0.717) is 12.6 Å². The molecule has 0 fully saturated rings. The van der Waals surface area contributed by atoms with Gasteiger partial charge in [0, 0.05) is 18.2 Å². The van der Waals surface area contributed by atoms with Gasteiger partial charge in [-0.3, -0.25) is 0 Å². The summed E-state index contributed by atoms with van der Waals surface area (Å²) in [6.45, 7) is 4.89. The molecule has 21 heavy (non-hydrogen) atoms. The molecule has 112 valence electrons. The third-order valence-electron chi connectivity index (χ3n) is 3.07. The number of nitrogens with one attached hydrogen (secondary N) is 1. The zero-order valence-electron chi connectivity index (χ0n) is 12.3. The van der Waals surface area contributed by atoms with Gasteiger partial charge in [-0.25, -0.2) is 4.39 Å². The first-order valence-corrected chi connectivity index (χ1v) is 6.97. The van der Waals surface area contributed by atoms with Gasteiger partial charge < -0.3 is 15.2 Å². The lowest BCUT2D eigenvalue weighted by atomic mass is 10.1. The number of phenols is 1. The molecule has 4 heteroatoms. The summed E-state index contributed by atoms with van der Waals surface area (Å²) >= 11 is 0. The summed E-state index contributed by atoms with van der Waals surface area (Å²) in [5.41, 5.74) is 1.67. The SMILES string of the molecule is CC(C)NCc1cccc(F)c1OCc1ccc(O)cc1. The molecule has 0 saturated heterocycles. The van der Waals surface area contributed by atoms with Crippen LogP contribution in [0, 0.1) is 5.82 Å². The van der Waals surface area contributed by atoms with Crippen LogP contribution in [0.2, 0.25) is 0 Å². The molecule has 2 aromatic rings. The molecule has 0 atom stereocenters. The second-order valence-electron chi connectivity index (χ2n) is 5.22. The van der Waals surface area contributed by atoms with Gasteiger partial charge in [0.1, 0.15) is 12.4 Å². The Balaban J connectivity index is 2.09. The van der Waals surface area contributed by atoms with Gasteiger partial charge in [-0.2, -0.15) is 0 Å². The second kappa shape index (κ2) is 7.09. The number of rotatable bonds is 6. The van der Waals surface area contributed by atoms with E-state index in [0.717, 1.165) is 11.1 Å². The number of ether oxygens (including phenoxy) is 1. The lowest BCUT2D eigenvalue weighted by Crippen LogP contribution is -2.22. The Morgan fingerprint density at radius 1 is 1.14 bits per heavy atom. The number of halogens is 1. The van der Waals surface area contributed by atoms with Crippen LogP contribution >= 0.6 is 0 Å². The third-order valence-corrected chi connectivity index (χ3v) is 3.07.